The quantitative estimate of drug-likeness (QED) is 0.754. The van der Waals surface area contributed by atoms with Gasteiger partial charge in [0.25, 0.3) is 0 Å². The maximum atomic E-state index is 9.69. The topological polar surface area (TPSA) is 44.7 Å². The van der Waals surface area contributed by atoms with Crippen LogP contribution in [0.15, 0.2) is 18.2 Å². The minimum absolute atomic E-state index is 0.228. The molecule has 2 N–H and O–H groups in total. The Kier molecular flexibility index (Phi) is 6.03. The van der Waals surface area contributed by atoms with Crippen LogP contribution in [0.3, 0.4) is 0 Å². The average molecular weight is 292 g/mol. The fraction of sp³-hybridized carbons (Fsp3) is 0.647. The average Bonchev–Trinajstić information content (AvgIpc) is 2.84. The molecule has 2 rings (SSSR count). The molecule has 1 heterocycles. The van der Waals surface area contributed by atoms with Crippen molar-refractivity contribution in [2.24, 2.45) is 5.92 Å². The Hall–Kier alpha value is -1.10. The highest BCUT2D eigenvalue weighted by Gasteiger charge is 2.31. The summed E-state index contributed by atoms with van der Waals surface area (Å²) in [4.78, 5) is 2.37. The van der Waals surface area contributed by atoms with Crippen molar-refractivity contribution in [2.45, 2.75) is 32.9 Å². The summed E-state index contributed by atoms with van der Waals surface area (Å²) in [6.45, 7) is 8.02. The molecule has 4 heteroatoms. The highest BCUT2D eigenvalue weighted by atomic mass is 16.5. The molecule has 1 aliphatic rings. The molecular formula is C17H28N2O2. The summed E-state index contributed by atoms with van der Waals surface area (Å²) < 4.78 is 5.08. The molecule has 0 radical (unpaired) electrons. The number of aryl methyl sites for hydroxylation is 1. The number of aliphatic hydroxyl groups excluding tert-OH is 1. The predicted octanol–water partition coefficient (Wildman–Crippen LogP) is 1.94. The number of benzene rings is 1. The van der Waals surface area contributed by atoms with E-state index in [9.17, 15) is 5.11 Å². The van der Waals surface area contributed by atoms with Crippen molar-refractivity contribution >= 4 is 5.69 Å². The summed E-state index contributed by atoms with van der Waals surface area (Å²) in [6, 6.07) is 6.84. The number of nitrogens with zero attached hydrogens (tertiary/aromatic N) is 1. The molecule has 0 saturated carbocycles. The van der Waals surface area contributed by atoms with E-state index in [1.54, 1.807) is 7.11 Å². The SMILES string of the molecule is COCCNCc1cc(C)ccc1N1CCC(C)C1CO. The first-order valence-corrected chi connectivity index (χ1v) is 7.84. The van der Waals surface area contributed by atoms with Gasteiger partial charge in [-0.25, -0.2) is 0 Å². The summed E-state index contributed by atoms with van der Waals surface area (Å²) >= 11 is 0. The molecule has 0 bridgehead atoms. The van der Waals surface area contributed by atoms with Crippen LogP contribution in [0.5, 0.6) is 0 Å². The summed E-state index contributed by atoms with van der Waals surface area (Å²) in [5, 5.41) is 13.1. The summed E-state index contributed by atoms with van der Waals surface area (Å²) in [7, 11) is 1.72. The minimum atomic E-state index is 0.228. The summed E-state index contributed by atoms with van der Waals surface area (Å²) in [5.41, 5.74) is 3.84. The third-order valence-electron chi connectivity index (χ3n) is 4.41. The monoisotopic (exact) mass is 292 g/mol. The Balaban J connectivity index is 2.14. The van der Waals surface area contributed by atoms with Crippen molar-refractivity contribution < 1.29 is 9.84 Å². The second-order valence-corrected chi connectivity index (χ2v) is 6.01. The molecule has 2 unspecified atom stereocenters. The van der Waals surface area contributed by atoms with E-state index in [2.05, 4.69) is 42.3 Å². The van der Waals surface area contributed by atoms with Crippen LogP contribution < -0.4 is 10.2 Å². The van der Waals surface area contributed by atoms with Crippen molar-refractivity contribution in [3.63, 3.8) is 0 Å². The van der Waals surface area contributed by atoms with E-state index in [0.29, 0.717) is 5.92 Å². The van der Waals surface area contributed by atoms with Crippen molar-refractivity contribution in [3.05, 3.63) is 29.3 Å². The Bertz CT molecular complexity index is 450. The molecule has 0 amide bonds. The molecule has 0 aliphatic carbocycles. The van der Waals surface area contributed by atoms with E-state index in [1.165, 1.54) is 16.8 Å². The van der Waals surface area contributed by atoms with Crippen LogP contribution in [0, 0.1) is 12.8 Å². The highest BCUT2D eigenvalue weighted by molar-refractivity contribution is 5.56. The number of ether oxygens (including phenoxy) is 1. The fourth-order valence-corrected chi connectivity index (χ4v) is 3.12. The number of hydrogen-bond acceptors (Lipinski definition) is 4. The fourth-order valence-electron chi connectivity index (χ4n) is 3.12. The lowest BCUT2D eigenvalue weighted by molar-refractivity contribution is 0.199. The Labute approximate surface area is 128 Å². The molecular weight excluding hydrogens is 264 g/mol. The molecule has 0 spiro atoms. The van der Waals surface area contributed by atoms with Crippen LogP contribution in [0.4, 0.5) is 5.69 Å². The second kappa shape index (κ2) is 7.78. The molecule has 21 heavy (non-hydrogen) atoms. The number of hydrogen-bond donors (Lipinski definition) is 2. The van der Waals surface area contributed by atoms with E-state index in [4.69, 9.17) is 4.74 Å². The van der Waals surface area contributed by atoms with E-state index in [-0.39, 0.29) is 12.6 Å². The van der Waals surface area contributed by atoms with Gasteiger partial charge in [-0.2, -0.15) is 0 Å². The number of nitrogens with one attached hydrogen (secondary N) is 1. The zero-order chi connectivity index (χ0) is 15.2. The molecule has 0 aromatic heterocycles. The van der Waals surface area contributed by atoms with Crippen LogP contribution >= 0.6 is 0 Å². The summed E-state index contributed by atoms with van der Waals surface area (Å²) in [5.74, 6) is 0.547. The van der Waals surface area contributed by atoms with E-state index < -0.39 is 0 Å². The summed E-state index contributed by atoms with van der Waals surface area (Å²) in [6.07, 6.45) is 1.15. The van der Waals surface area contributed by atoms with Crippen molar-refractivity contribution in [2.75, 3.05) is 38.3 Å². The van der Waals surface area contributed by atoms with Crippen LogP contribution in [0.25, 0.3) is 0 Å². The van der Waals surface area contributed by atoms with Crippen molar-refractivity contribution in [1.29, 1.82) is 0 Å². The molecule has 1 fully saturated rings. The van der Waals surface area contributed by atoms with Gasteiger partial charge in [0, 0.05) is 32.4 Å². The first-order chi connectivity index (χ1) is 10.2. The van der Waals surface area contributed by atoms with Gasteiger partial charge in [0.05, 0.1) is 19.3 Å². The standard InChI is InChI=1S/C17H28N2O2/c1-13-4-5-16(15(10-13)11-18-7-9-21-3)19-8-6-14(2)17(19)12-20/h4-5,10,14,17-18,20H,6-9,11-12H2,1-3H3. The van der Waals surface area contributed by atoms with Gasteiger partial charge in [-0.15, -0.1) is 0 Å². The smallest absolute Gasteiger partial charge is 0.0637 e. The first-order valence-electron chi connectivity index (χ1n) is 7.84. The number of rotatable bonds is 7. The van der Waals surface area contributed by atoms with Gasteiger partial charge in [0.15, 0.2) is 0 Å². The van der Waals surface area contributed by atoms with Crippen LogP contribution in [0.2, 0.25) is 0 Å². The molecule has 1 aromatic rings. The second-order valence-electron chi connectivity index (χ2n) is 6.01. The van der Waals surface area contributed by atoms with Gasteiger partial charge in [-0.05, 0) is 30.9 Å². The predicted molar refractivity (Wildman–Crippen MR) is 86.8 cm³/mol. The van der Waals surface area contributed by atoms with E-state index >= 15 is 0 Å². The highest BCUT2D eigenvalue weighted by Crippen LogP contribution is 2.32. The van der Waals surface area contributed by atoms with Crippen LogP contribution in [-0.2, 0) is 11.3 Å². The third kappa shape index (κ3) is 3.96. The zero-order valence-corrected chi connectivity index (χ0v) is 13.4. The van der Waals surface area contributed by atoms with Gasteiger partial charge < -0.3 is 20.1 Å². The molecule has 118 valence electrons. The van der Waals surface area contributed by atoms with Gasteiger partial charge in [0.1, 0.15) is 0 Å². The largest absolute Gasteiger partial charge is 0.394 e. The zero-order valence-electron chi connectivity index (χ0n) is 13.4. The number of anilines is 1. The molecule has 2 atom stereocenters. The number of methoxy groups -OCH3 is 1. The maximum Gasteiger partial charge on any atom is 0.0637 e. The van der Waals surface area contributed by atoms with Gasteiger partial charge in [-0.3, -0.25) is 0 Å². The third-order valence-corrected chi connectivity index (χ3v) is 4.41. The first kappa shape index (κ1) is 16.3. The van der Waals surface area contributed by atoms with Crippen molar-refractivity contribution in [3.8, 4) is 0 Å². The molecule has 4 nitrogen and oxygen atoms in total. The van der Waals surface area contributed by atoms with Gasteiger partial charge in [-0.1, -0.05) is 24.6 Å². The maximum absolute atomic E-state index is 9.69. The lowest BCUT2D eigenvalue weighted by Crippen LogP contribution is -2.36. The van der Waals surface area contributed by atoms with Gasteiger partial charge >= 0.3 is 0 Å². The lowest BCUT2D eigenvalue weighted by Gasteiger charge is -2.29. The molecule has 1 aliphatic heterocycles. The van der Waals surface area contributed by atoms with Gasteiger partial charge in [0.2, 0.25) is 0 Å². The molecule has 1 aromatic carbocycles. The van der Waals surface area contributed by atoms with Crippen molar-refractivity contribution in [1.82, 2.24) is 5.32 Å². The van der Waals surface area contributed by atoms with E-state index in [1.807, 2.05) is 0 Å². The minimum Gasteiger partial charge on any atom is -0.394 e. The normalized spacial score (nSPS) is 22.0. The number of aliphatic hydroxyl groups is 1. The Morgan fingerprint density at radius 2 is 2.24 bits per heavy atom. The Morgan fingerprint density at radius 3 is 2.95 bits per heavy atom. The lowest BCUT2D eigenvalue weighted by atomic mass is 10.0. The van der Waals surface area contributed by atoms with Crippen LogP contribution in [-0.4, -0.2) is 44.6 Å². The Morgan fingerprint density at radius 1 is 1.43 bits per heavy atom. The van der Waals surface area contributed by atoms with E-state index in [0.717, 1.165) is 32.7 Å². The van der Waals surface area contributed by atoms with Crippen LogP contribution in [0.1, 0.15) is 24.5 Å². The molecule has 1 saturated heterocycles.